The van der Waals surface area contributed by atoms with Gasteiger partial charge in [0.15, 0.2) is 0 Å². The molecule has 0 aliphatic heterocycles. The number of benzene rings is 1. The molecule has 1 rings (SSSR count). The zero-order chi connectivity index (χ0) is 13.5. The third-order valence-corrected chi connectivity index (χ3v) is 2.63. The maximum Gasteiger partial charge on any atom is 0.217 e. The number of primary amides is 1. The molecule has 0 unspecified atom stereocenters. The molecule has 0 fully saturated rings. The Morgan fingerprint density at radius 1 is 1.33 bits per heavy atom. The van der Waals surface area contributed by atoms with E-state index in [1.165, 1.54) is 12.1 Å². The first kappa shape index (κ1) is 14.4. The summed E-state index contributed by atoms with van der Waals surface area (Å²) in [5, 5.41) is 3.11. The minimum absolute atomic E-state index is 0.147. The van der Waals surface area contributed by atoms with E-state index < -0.39 is 0 Å². The smallest absolute Gasteiger partial charge is 0.217 e. The number of halogens is 1. The highest BCUT2D eigenvalue weighted by Gasteiger charge is 2.06. The van der Waals surface area contributed by atoms with Crippen LogP contribution in [-0.4, -0.2) is 17.4 Å². The van der Waals surface area contributed by atoms with Gasteiger partial charge in [-0.1, -0.05) is 12.2 Å². The first-order valence-electron chi connectivity index (χ1n) is 5.62. The number of carbonyl (C=O) groups excluding carboxylic acids is 1. The fourth-order valence-corrected chi connectivity index (χ4v) is 1.69. The molecular formula is C12H16FN3OS. The quantitative estimate of drug-likeness (QED) is 0.518. The van der Waals surface area contributed by atoms with E-state index in [4.69, 9.17) is 23.7 Å². The molecule has 0 spiro atoms. The van der Waals surface area contributed by atoms with Gasteiger partial charge in [0.2, 0.25) is 5.91 Å². The van der Waals surface area contributed by atoms with E-state index in [0.29, 0.717) is 30.6 Å². The number of nitrogens with two attached hydrogens (primary N) is 2. The molecular weight excluding hydrogens is 253 g/mol. The van der Waals surface area contributed by atoms with Crippen LogP contribution in [0.5, 0.6) is 0 Å². The van der Waals surface area contributed by atoms with E-state index in [1.807, 2.05) is 0 Å². The molecule has 0 bridgehead atoms. The van der Waals surface area contributed by atoms with Gasteiger partial charge in [-0.05, 0) is 31.0 Å². The molecule has 1 aromatic rings. The SMILES string of the molecule is NC(=O)CCCCNc1ccc(F)cc1C(N)=S. The summed E-state index contributed by atoms with van der Waals surface area (Å²) in [7, 11) is 0. The molecule has 4 nitrogen and oxygen atoms in total. The number of thiocarbonyl (C=S) groups is 1. The topological polar surface area (TPSA) is 81.1 Å². The van der Waals surface area contributed by atoms with Gasteiger partial charge in [0.25, 0.3) is 0 Å². The summed E-state index contributed by atoms with van der Waals surface area (Å²) in [4.78, 5) is 10.7. The van der Waals surface area contributed by atoms with Crippen LogP contribution >= 0.6 is 12.2 Å². The number of hydrogen-bond donors (Lipinski definition) is 3. The fourth-order valence-electron chi connectivity index (χ4n) is 1.52. The van der Waals surface area contributed by atoms with Gasteiger partial charge in [-0.3, -0.25) is 4.79 Å². The summed E-state index contributed by atoms with van der Waals surface area (Å²) in [6, 6.07) is 4.24. The number of unbranched alkanes of at least 4 members (excludes halogenated alkanes) is 1. The van der Waals surface area contributed by atoms with Crippen molar-refractivity contribution in [2.24, 2.45) is 11.5 Å². The van der Waals surface area contributed by atoms with Crippen LogP contribution in [0.1, 0.15) is 24.8 Å². The predicted octanol–water partition coefficient (Wildman–Crippen LogP) is 1.53. The first-order chi connectivity index (χ1) is 8.50. The number of hydrogen-bond acceptors (Lipinski definition) is 3. The molecule has 0 heterocycles. The molecule has 0 aliphatic rings. The molecule has 5 N–H and O–H groups in total. The molecule has 1 amide bonds. The van der Waals surface area contributed by atoms with E-state index in [0.717, 1.165) is 6.42 Å². The van der Waals surface area contributed by atoms with Gasteiger partial charge < -0.3 is 16.8 Å². The molecule has 18 heavy (non-hydrogen) atoms. The van der Waals surface area contributed by atoms with Crippen molar-refractivity contribution in [2.45, 2.75) is 19.3 Å². The average molecular weight is 269 g/mol. The predicted molar refractivity (Wildman–Crippen MR) is 73.8 cm³/mol. The molecule has 0 aliphatic carbocycles. The van der Waals surface area contributed by atoms with Gasteiger partial charge in [-0.15, -0.1) is 0 Å². The Labute approximate surface area is 111 Å². The Kier molecular flexibility index (Phi) is 5.51. The van der Waals surface area contributed by atoms with Crippen LogP contribution < -0.4 is 16.8 Å². The second kappa shape index (κ2) is 6.90. The summed E-state index contributed by atoms with van der Waals surface area (Å²) >= 11 is 4.85. The molecule has 0 atom stereocenters. The van der Waals surface area contributed by atoms with Gasteiger partial charge in [-0.25, -0.2) is 4.39 Å². The Balaban J connectivity index is 2.51. The Hall–Kier alpha value is -1.69. The molecule has 98 valence electrons. The summed E-state index contributed by atoms with van der Waals surface area (Å²) in [6.07, 6.45) is 1.87. The summed E-state index contributed by atoms with van der Waals surface area (Å²) < 4.78 is 13.0. The Bertz CT molecular complexity index is 451. The minimum Gasteiger partial charge on any atom is -0.389 e. The van der Waals surface area contributed by atoms with Crippen molar-refractivity contribution in [3.05, 3.63) is 29.6 Å². The lowest BCUT2D eigenvalue weighted by molar-refractivity contribution is -0.118. The van der Waals surface area contributed by atoms with E-state index in [2.05, 4.69) is 5.32 Å². The molecule has 0 saturated heterocycles. The van der Waals surface area contributed by atoms with Crippen molar-refractivity contribution >= 4 is 28.8 Å². The van der Waals surface area contributed by atoms with Crippen LogP contribution in [0.25, 0.3) is 0 Å². The number of amides is 1. The van der Waals surface area contributed by atoms with Crippen LogP contribution in [0.2, 0.25) is 0 Å². The monoisotopic (exact) mass is 269 g/mol. The largest absolute Gasteiger partial charge is 0.389 e. The van der Waals surface area contributed by atoms with Crippen LogP contribution in [0.3, 0.4) is 0 Å². The van der Waals surface area contributed by atoms with Crippen LogP contribution in [0.15, 0.2) is 18.2 Å². The highest BCUT2D eigenvalue weighted by atomic mass is 32.1. The third kappa shape index (κ3) is 4.67. The normalized spacial score (nSPS) is 10.1. The van der Waals surface area contributed by atoms with Gasteiger partial charge in [-0.2, -0.15) is 0 Å². The number of rotatable bonds is 7. The fraction of sp³-hybridized carbons (Fsp3) is 0.333. The van der Waals surface area contributed by atoms with E-state index in [1.54, 1.807) is 6.07 Å². The molecule has 0 aromatic heterocycles. The van der Waals surface area contributed by atoms with Crippen molar-refractivity contribution in [3.63, 3.8) is 0 Å². The van der Waals surface area contributed by atoms with Gasteiger partial charge in [0, 0.05) is 24.2 Å². The highest BCUT2D eigenvalue weighted by Crippen LogP contribution is 2.17. The van der Waals surface area contributed by atoms with Crippen molar-refractivity contribution < 1.29 is 9.18 Å². The number of nitrogens with one attached hydrogen (secondary N) is 1. The molecule has 6 heteroatoms. The molecule has 0 radical (unpaired) electrons. The number of carbonyl (C=O) groups is 1. The maximum atomic E-state index is 13.0. The molecule has 1 aromatic carbocycles. The highest BCUT2D eigenvalue weighted by molar-refractivity contribution is 7.80. The van der Waals surface area contributed by atoms with E-state index >= 15 is 0 Å². The third-order valence-electron chi connectivity index (χ3n) is 2.41. The zero-order valence-corrected chi connectivity index (χ0v) is 10.7. The zero-order valence-electron chi connectivity index (χ0n) is 9.91. The van der Waals surface area contributed by atoms with Crippen molar-refractivity contribution in [2.75, 3.05) is 11.9 Å². The van der Waals surface area contributed by atoms with Gasteiger partial charge >= 0.3 is 0 Å². The summed E-state index contributed by atoms with van der Waals surface area (Å²) in [5.41, 5.74) is 11.7. The Morgan fingerprint density at radius 2 is 2.06 bits per heavy atom. The lowest BCUT2D eigenvalue weighted by Crippen LogP contribution is -2.15. The number of anilines is 1. The van der Waals surface area contributed by atoms with Crippen LogP contribution in [0.4, 0.5) is 10.1 Å². The van der Waals surface area contributed by atoms with Crippen molar-refractivity contribution in [3.8, 4) is 0 Å². The van der Waals surface area contributed by atoms with Gasteiger partial charge in [0.1, 0.15) is 10.8 Å². The second-order valence-corrected chi connectivity index (χ2v) is 4.34. The van der Waals surface area contributed by atoms with Crippen molar-refractivity contribution in [1.29, 1.82) is 0 Å². The summed E-state index contributed by atoms with van der Waals surface area (Å²) in [6.45, 7) is 0.647. The first-order valence-corrected chi connectivity index (χ1v) is 6.03. The van der Waals surface area contributed by atoms with Crippen LogP contribution in [-0.2, 0) is 4.79 Å². The van der Waals surface area contributed by atoms with Gasteiger partial charge in [0.05, 0.1) is 0 Å². The lowest BCUT2D eigenvalue weighted by Gasteiger charge is -2.11. The Morgan fingerprint density at radius 3 is 2.67 bits per heavy atom. The standard InChI is InChI=1S/C12H16FN3OS/c13-8-4-5-10(9(7-8)12(15)18)16-6-2-1-3-11(14)17/h4-5,7,16H,1-3,6H2,(H2,14,17)(H2,15,18). The average Bonchev–Trinajstić information content (AvgIpc) is 2.29. The van der Waals surface area contributed by atoms with E-state index in [9.17, 15) is 9.18 Å². The van der Waals surface area contributed by atoms with E-state index in [-0.39, 0.29) is 16.7 Å². The molecule has 0 saturated carbocycles. The minimum atomic E-state index is -0.378. The lowest BCUT2D eigenvalue weighted by atomic mass is 10.1. The van der Waals surface area contributed by atoms with Crippen molar-refractivity contribution in [1.82, 2.24) is 0 Å². The van der Waals surface area contributed by atoms with Crippen LogP contribution in [0, 0.1) is 5.82 Å². The summed E-state index contributed by atoms with van der Waals surface area (Å²) in [5.74, 6) is -0.683. The maximum absolute atomic E-state index is 13.0. The second-order valence-electron chi connectivity index (χ2n) is 3.90.